The quantitative estimate of drug-likeness (QED) is 0.456. The molecule has 6 rings (SSSR count). The summed E-state index contributed by atoms with van der Waals surface area (Å²) in [7, 11) is 1.64. The number of benzene rings is 2. The smallest absolute Gasteiger partial charge is 0.228 e. The van der Waals surface area contributed by atoms with Gasteiger partial charge in [0.05, 0.1) is 12.7 Å². The molecule has 4 heterocycles. The van der Waals surface area contributed by atoms with Gasteiger partial charge >= 0.3 is 0 Å². The van der Waals surface area contributed by atoms with E-state index in [1.54, 1.807) is 42.5 Å². The molecule has 1 aliphatic heterocycles. The number of fused-ring (bicyclic) bond motifs is 4. The summed E-state index contributed by atoms with van der Waals surface area (Å²) in [6, 6.07) is 16.7. The maximum atomic E-state index is 10.0. The average molecular weight is 423 g/mol. The van der Waals surface area contributed by atoms with Gasteiger partial charge in [0.1, 0.15) is 23.6 Å². The topological polar surface area (TPSA) is 94.7 Å². The molecule has 0 amide bonds. The van der Waals surface area contributed by atoms with Crippen LogP contribution in [0.1, 0.15) is 22.6 Å². The predicted molar refractivity (Wildman–Crippen MR) is 116 cm³/mol. The highest BCUT2D eigenvalue weighted by Gasteiger charge is 2.33. The highest BCUT2D eigenvalue weighted by atomic mass is 16.5. The van der Waals surface area contributed by atoms with Crippen LogP contribution in [0.5, 0.6) is 23.1 Å². The number of aromatic hydroxyl groups is 1. The second kappa shape index (κ2) is 7.05. The van der Waals surface area contributed by atoms with Gasteiger partial charge < -0.3 is 14.6 Å². The zero-order chi connectivity index (χ0) is 21.7. The largest absolute Gasteiger partial charge is 0.508 e. The van der Waals surface area contributed by atoms with Crippen LogP contribution in [0.25, 0.3) is 17.0 Å². The fourth-order valence-electron chi connectivity index (χ4n) is 4.06. The maximum absolute atomic E-state index is 10.0. The van der Waals surface area contributed by atoms with Crippen LogP contribution in [0.4, 0.5) is 0 Å². The number of rotatable bonds is 3. The van der Waals surface area contributed by atoms with Crippen molar-refractivity contribution in [3.05, 3.63) is 90.0 Å². The van der Waals surface area contributed by atoms with Crippen LogP contribution < -0.4 is 9.47 Å². The molecule has 0 fully saturated rings. The lowest BCUT2D eigenvalue weighted by molar-refractivity contribution is 0.414. The molecule has 0 saturated carbocycles. The summed E-state index contributed by atoms with van der Waals surface area (Å²) in [6.45, 7) is 0. The van der Waals surface area contributed by atoms with Gasteiger partial charge in [-0.1, -0.05) is 18.2 Å². The third-order valence-electron chi connectivity index (χ3n) is 5.56. The van der Waals surface area contributed by atoms with Crippen LogP contribution in [-0.4, -0.2) is 36.8 Å². The highest BCUT2D eigenvalue weighted by Crippen LogP contribution is 2.48. The molecule has 2 aromatic carbocycles. The molecular weight excluding hydrogens is 406 g/mol. The van der Waals surface area contributed by atoms with Gasteiger partial charge in [-0.2, -0.15) is 0 Å². The molecule has 1 N–H and O–H groups in total. The SMILES string of the molecule is COc1ccc([C@@H]2c3ccc(O)cc3Oc3ncn4nc(-c5cccnc5)nc4c32)cc1. The number of aromatic nitrogens is 5. The van der Waals surface area contributed by atoms with E-state index in [0.29, 0.717) is 23.1 Å². The van der Waals surface area contributed by atoms with Crippen LogP contribution in [0.15, 0.2) is 73.3 Å². The van der Waals surface area contributed by atoms with Crippen LogP contribution in [0.2, 0.25) is 0 Å². The molecular formula is C24H17N5O3. The van der Waals surface area contributed by atoms with E-state index < -0.39 is 0 Å². The van der Waals surface area contributed by atoms with Gasteiger partial charge in [-0.25, -0.2) is 14.5 Å². The Hall–Kier alpha value is -4.46. The molecule has 5 aromatic rings. The minimum atomic E-state index is -0.220. The van der Waals surface area contributed by atoms with Crippen molar-refractivity contribution in [2.24, 2.45) is 0 Å². The van der Waals surface area contributed by atoms with E-state index >= 15 is 0 Å². The molecule has 0 spiro atoms. The van der Waals surface area contributed by atoms with E-state index in [0.717, 1.165) is 28.0 Å². The van der Waals surface area contributed by atoms with E-state index in [-0.39, 0.29) is 11.7 Å². The van der Waals surface area contributed by atoms with Crippen molar-refractivity contribution in [3.63, 3.8) is 0 Å². The van der Waals surface area contributed by atoms with Crippen LogP contribution in [-0.2, 0) is 0 Å². The Labute approximate surface area is 182 Å². The third-order valence-corrected chi connectivity index (χ3v) is 5.56. The molecule has 3 aromatic heterocycles. The number of phenols is 1. The standard InChI is InChI=1S/C24H17N5O3/c1-31-17-7-4-14(5-8-17)20-18-9-6-16(30)11-19(18)32-24-21(20)23-27-22(28-29(23)13-26-24)15-3-2-10-25-12-15/h2-13,20,30H,1H3/t20-/m1/s1. The lowest BCUT2D eigenvalue weighted by Gasteiger charge is -2.28. The van der Waals surface area contributed by atoms with Gasteiger partial charge in [-0.15, -0.1) is 5.10 Å². The molecule has 32 heavy (non-hydrogen) atoms. The first-order valence-corrected chi connectivity index (χ1v) is 10.0. The summed E-state index contributed by atoms with van der Waals surface area (Å²) >= 11 is 0. The summed E-state index contributed by atoms with van der Waals surface area (Å²) < 4.78 is 13.1. The Morgan fingerprint density at radius 1 is 1.09 bits per heavy atom. The first kappa shape index (κ1) is 18.3. The molecule has 156 valence electrons. The molecule has 1 atom stereocenters. The number of pyridine rings is 1. The Morgan fingerprint density at radius 2 is 1.97 bits per heavy atom. The van der Waals surface area contributed by atoms with E-state index in [2.05, 4.69) is 15.1 Å². The van der Waals surface area contributed by atoms with Gasteiger partial charge in [0.25, 0.3) is 0 Å². The fraction of sp³-hybridized carbons (Fsp3) is 0.0833. The molecule has 0 radical (unpaired) electrons. The minimum Gasteiger partial charge on any atom is -0.508 e. The number of phenolic OH excluding ortho intramolecular Hbond substituents is 1. The average Bonchev–Trinajstić information content (AvgIpc) is 3.28. The van der Waals surface area contributed by atoms with Crippen LogP contribution >= 0.6 is 0 Å². The van der Waals surface area contributed by atoms with Gasteiger partial charge in [0, 0.05) is 35.5 Å². The summed E-state index contributed by atoms with van der Waals surface area (Å²) in [5.41, 5.74) is 4.18. The summed E-state index contributed by atoms with van der Waals surface area (Å²) in [5.74, 6) is 2.22. The predicted octanol–water partition coefficient (Wildman–Crippen LogP) is 4.19. The summed E-state index contributed by atoms with van der Waals surface area (Å²) in [4.78, 5) is 13.5. The Kier molecular flexibility index (Phi) is 4.04. The first-order chi connectivity index (χ1) is 15.7. The molecule has 1 aliphatic rings. The number of methoxy groups -OCH3 is 1. The zero-order valence-electron chi connectivity index (χ0n) is 17.0. The van der Waals surface area contributed by atoms with Crippen LogP contribution in [0, 0.1) is 0 Å². The molecule has 0 saturated heterocycles. The maximum Gasteiger partial charge on any atom is 0.228 e. The highest BCUT2D eigenvalue weighted by molar-refractivity contribution is 5.68. The van der Waals surface area contributed by atoms with Crippen molar-refractivity contribution in [1.82, 2.24) is 24.6 Å². The van der Waals surface area contributed by atoms with E-state index in [1.807, 2.05) is 42.5 Å². The van der Waals surface area contributed by atoms with Crippen molar-refractivity contribution in [2.75, 3.05) is 7.11 Å². The van der Waals surface area contributed by atoms with Crippen molar-refractivity contribution < 1.29 is 14.6 Å². The van der Waals surface area contributed by atoms with E-state index in [1.165, 1.54) is 0 Å². The van der Waals surface area contributed by atoms with E-state index in [9.17, 15) is 5.11 Å². The number of nitrogens with zero attached hydrogens (tertiary/aromatic N) is 5. The monoisotopic (exact) mass is 423 g/mol. The molecule has 0 aliphatic carbocycles. The van der Waals surface area contributed by atoms with Crippen molar-refractivity contribution in [1.29, 1.82) is 0 Å². The van der Waals surface area contributed by atoms with Crippen molar-refractivity contribution >= 4 is 5.65 Å². The summed E-state index contributed by atoms with van der Waals surface area (Å²) in [6.07, 6.45) is 5.02. The van der Waals surface area contributed by atoms with Gasteiger partial charge in [0.2, 0.25) is 5.88 Å². The lowest BCUT2D eigenvalue weighted by Crippen LogP contribution is -2.15. The number of ether oxygens (including phenoxy) is 2. The Balaban J connectivity index is 1.60. The Morgan fingerprint density at radius 3 is 2.75 bits per heavy atom. The van der Waals surface area contributed by atoms with Gasteiger partial charge in [-0.05, 0) is 35.9 Å². The van der Waals surface area contributed by atoms with Crippen LogP contribution in [0.3, 0.4) is 0 Å². The Bertz CT molecular complexity index is 1450. The molecule has 8 nitrogen and oxygen atoms in total. The first-order valence-electron chi connectivity index (χ1n) is 10.0. The molecule has 0 unspecified atom stereocenters. The molecule has 0 bridgehead atoms. The lowest BCUT2D eigenvalue weighted by atomic mass is 9.84. The second-order valence-electron chi connectivity index (χ2n) is 7.44. The minimum absolute atomic E-state index is 0.128. The number of hydrogen-bond acceptors (Lipinski definition) is 7. The summed E-state index contributed by atoms with van der Waals surface area (Å²) in [5, 5.41) is 14.6. The van der Waals surface area contributed by atoms with Gasteiger partial charge in [0.15, 0.2) is 11.5 Å². The molecule has 8 heteroatoms. The van der Waals surface area contributed by atoms with Crippen molar-refractivity contribution in [3.8, 4) is 34.5 Å². The second-order valence-corrected chi connectivity index (χ2v) is 7.44. The van der Waals surface area contributed by atoms with Crippen molar-refractivity contribution in [2.45, 2.75) is 5.92 Å². The normalized spacial score (nSPS) is 14.5. The van der Waals surface area contributed by atoms with Gasteiger partial charge in [-0.3, -0.25) is 4.98 Å². The zero-order valence-corrected chi connectivity index (χ0v) is 17.0. The fourth-order valence-corrected chi connectivity index (χ4v) is 4.06. The van der Waals surface area contributed by atoms with E-state index in [4.69, 9.17) is 14.5 Å². The third kappa shape index (κ3) is 2.84. The number of hydrogen-bond donors (Lipinski definition) is 1.